The van der Waals surface area contributed by atoms with Gasteiger partial charge in [0.05, 0.1) is 0 Å². The zero-order chi connectivity index (χ0) is 17.5. The normalized spacial score (nSPS) is 13.7. The summed E-state index contributed by atoms with van der Waals surface area (Å²) >= 11 is 0. The highest BCUT2D eigenvalue weighted by Gasteiger charge is 2.24. The van der Waals surface area contributed by atoms with Crippen molar-refractivity contribution in [3.05, 3.63) is 59.3 Å². The van der Waals surface area contributed by atoms with E-state index >= 15 is 0 Å². The molecule has 1 aliphatic rings. The summed E-state index contributed by atoms with van der Waals surface area (Å²) in [7, 11) is 0. The van der Waals surface area contributed by atoms with Crippen LogP contribution in [0.1, 0.15) is 36.1 Å². The van der Waals surface area contributed by atoms with Gasteiger partial charge in [0, 0.05) is 18.7 Å². The van der Waals surface area contributed by atoms with Crippen molar-refractivity contribution < 1.29 is 14.3 Å². The van der Waals surface area contributed by atoms with Crippen molar-refractivity contribution in [2.45, 2.75) is 38.7 Å². The predicted molar refractivity (Wildman–Crippen MR) is 95.5 cm³/mol. The van der Waals surface area contributed by atoms with E-state index in [1.165, 1.54) is 0 Å². The largest absolute Gasteiger partial charge is 0.444 e. The van der Waals surface area contributed by atoms with Crippen molar-refractivity contribution in [3.8, 4) is 0 Å². The molecule has 0 radical (unpaired) electrons. The Morgan fingerprint density at radius 1 is 1.16 bits per heavy atom. The minimum absolute atomic E-state index is 0.246. The number of rotatable bonds is 5. The quantitative estimate of drug-likeness (QED) is 0.780. The summed E-state index contributed by atoms with van der Waals surface area (Å²) in [6, 6.07) is 13.6. The van der Waals surface area contributed by atoms with E-state index in [0.717, 1.165) is 42.4 Å². The summed E-state index contributed by atoms with van der Waals surface area (Å²) in [5.74, 6) is 0.680. The number of pyridine rings is 1. The highest BCUT2D eigenvalue weighted by molar-refractivity contribution is 5.87. The average Bonchev–Trinajstić information content (AvgIpc) is 2.87. The number of ether oxygens (including phenoxy) is 1. The van der Waals surface area contributed by atoms with Gasteiger partial charge in [-0.3, -0.25) is 4.90 Å². The van der Waals surface area contributed by atoms with Gasteiger partial charge in [0.1, 0.15) is 18.7 Å². The van der Waals surface area contributed by atoms with Crippen molar-refractivity contribution in [2.24, 2.45) is 0 Å². The zero-order valence-electron chi connectivity index (χ0n) is 14.2. The summed E-state index contributed by atoms with van der Waals surface area (Å²) in [5.41, 5.74) is 2.84. The standard InChI is InChI=1S/C20H22N2O3/c23-14-6-10-18-12-11-17-9-4-5-13-22(19(17)21-18)20(24)25-15-16-7-2-1-3-8-16/h1-3,7-8,11-12,14H,4-6,9-10,13,15H2. The molecule has 5 heteroatoms. The van der Waals surface area contributed by atoms with E-state index in [2.05, 4.69) is 4.98 Å². The first-order valence-corrected chi connectivity index (χ1v) is 8.68. The lowest BCUT2D eigenvalue weighted by Gasteiger charge is -2.21. The van der Waals surface area contributed by atoms with Crippen LogP contribution in [0, 0.1) is 0 Å². The van der Waals surface area contributed by atoms with Gasteiger partial charge in [-0.15, -0.1) is 0 Å². The van der Waals surface area contributed by atoms with Gasteiger partial charge in [0.15, 0.2) is 0 Å². The number of aryl methyl sites for hydroxylation is 2. The number of hydrogen-bond acceptors (Lipinski definition) is 4. The van der Waals surface area contributed by atoms with Crippen LogP contribution in [-0.4, -0.2) is 23.9 Å². The fraction of sp³-hybridized carbons (Fsp3) is 0.350. The number of nitrogens with zero attached hydrogens (tertiary/aromatic N) is 2. The monoisotopic (exact) mass is 338 g/mol. The summed E-state index contributed by atoms with van der Waals surface area (Å²) in [6.45, 7) is 0.848. The Kier molecular flexibility index (Phi) is 5.77. The van der Waals surface area contributed by atoms with Gasteiger partial charge in [0.25, 0.3) is 0 Å². The number of fused-ring (bicyclic) bond motifs is 1. The van der Waals surface area contributed by atoms with Crippen LogP contribution >= 0.6 is 0 Å². The van der Waals surface area contributed by atoms with E-state index in [0.29, 0.717) is 25.2 Å². The first-order valence-electron chi connectivity index (χ1n) is 8.68. The number of carbonyl (C=O) groups excluding carboxylic acids is 2. The van der Waals surface area contributed by atoms with Crippen molar-refractivity contribution in [1.82, 2.24) is 4.98 Å². The second-order valence-electron chi connectivity index (χ2n) is 6.14. The van der Waals surface area contributed by atoms with Crippen molar-refractivity contribution in [3.63, 3.8) is 0 Å². The molecular formula is C20H22N2O3. The molecule has 1 aromatic heterocycles. The fourth-order valence-corrected chi connectivity index (χ4v) is 2.96. The lowest BCUT2D eigenvalue weighted by atomic mass is 10.1. The maximum absolute atomic E-state index is 12.6. The SMILES string of the molecule is O=CCCc1ccc2c(n1)N(C(=O)OCc1ccccc1)CCCC2. The molecule has 1 amide bonds. The Labute approximate surface area is 147 Å². The highest BCUT2D eigenvalue weighted by Crippen LogP contribution is 2.26. The average molecular weight is 338 g/mol. The second-order valence-corrected chi connectivity index (χ2v) is 6.14. The molecule has 0 N–H and O–H groups in total. The molecular weight excluding hydrogens is 316 g/mol. The maximum Gasteiger partial charge on any atom is 0.415 e. The third kappa shape index (κ3) is 4.44. The molecule has 1 aliphatic heterocycles. The van der Waals surface area contributed by atoms with Crippen molar-refractivity contribution in [2.75, 3.05) is 11.4 Å². The molecule has 3 rings (SSSR count). The minimum Gasteiger partial charge on any atom is -0.444 e. The summed E-state index contributed by atoms with van der Waals surface area (Å²) in [5, 5.41) is 0. The number of anilines is 1. The van der Waals surface area contributed by atoms with E-state index in [9.17, 15) is 9.59 Å². The summed E-state index contributed by atoms with van der Waals surface area (Å²) < 4.78 is 5.49. The van der Waals surface area contributed by atoms with Gasteiger partial charge >= 0.3 is 6.09 Å². The lowest BCUT2D eigenvalue weighted by Crippen LogP contribution is -2.33. The number of amides is 1. The molecule has 0 fully saturated rings. The van der Waals surface area contributed by atoms with Gasteiger partial charge in [-0.25, -0.2) is 9.78 Å². The van der Waals surface area contributed by atoms with E-state index < -0.39 is 0 Å². The Balaban J connectivity index is 1.76. The molecule has 0 unspecified atom stereocenters. The molecule has 25 heavy (non-hydrogen) atoms. The summed E-state index contributed by atoms with van der Waals surface area (Å²) in [4.78, 5) is 29.5. The molecule has 0 saturated heterocycles. The number of benzene rings is 1. The van der Waals surface area contributed by atoms with Gasteiger partial charge in [0.2, 0.25) is 0 Å². The van der Waals surface area contributed by atoms with Crippen LogP contribution in [0.2, 0.25) is 0 Å². The molecule has 0 bridgehead atoms. The number of aldehydes is 1. The van der Waals surface area contributed by atoms with E-state index in [-0.39, 0.29) is 12.7 Å². The highest BCUT2D eigenvalue weighted by atomic mass is 16.6. The Bertz CT molecular complexity index is 731. The zero-order valence-corrected chi connectivity index (χ0v) is 14.2. The molecule has 0 aliphatic carbocycles. The van der Waals surface area contributed by atoms with Crippen LogP contribution in [0.15, 0.2) is 42.5 Å². The maximum atomic E-state index is 12.6. The molecule has 130 valence electrons. The second kappa shape index (κ2) is 8.42. The van der Waals surface area contributed by atoms with Crippen molar-refractivity contribution >= 4 is 18.2 Å². The first-order chi connectivity index (χ1) is 12.3. The molecule has 0 spiro atoms. The lowest BCUT2D eigenvalue weighted by molar-refractivity contribution is -0.107. The third-order valence-electron chi connectivity index (χ3n) is 4.29. The van der Waals surface area contributed by atoms with E-state index in [4.69, 9.17) is 4.74 Å². The Morgan fingerprint density at radius 3 is 2.80 bits per heavy atom. The van der Waals surface area contributed by atoms with Crippen LogP contribution in [0.4, 0.5) is 10.6 Å². The summed E-state index contributed by atoms with van der Waals surface area (Å²) in [6.07, 6.45) is 4.38. The number of hydrogen-bond donors (Lipinski definition) is 0. The van der Waals surface area contributed by atoms with Crippen LogP contribution in [-0.2, 0) is 29.0 Å². The third-order valence-corrected chi connectivity index (χ3v) is 4.29. The molecule has 0 saturated carbocycles. The van der Waals surface area contributed by atoms with Gasteiger partial charge in [-0.05, 0) is 42.9 Å². The smallest absolute Gasteiger partial charge is 0.415 e. The van der Waals surface area contributed by atoms with Gasteiger partial charge < -0.3 is 9.53 Å². The Hall–Kier alpha value is -2.69. The minimum atomic E-state index is -0.368. The molecule has 5 nitrogen and oxygen atoms in total. The molecule has 2 aromatic rings. The molecule has 0 atom stereocenters. The number of carbonyl (C=O) groups is 2. The predicted octanol–water partition coefficient (Wildman–Crippen LogP) is 3.69. The molecule has 2 heterocycles. The van der Waals surface area contributed by atoms with Gasteiger partial charge in [-0.2, -0.15) is 0 Å². The number of aromatic nitrogens is 1. The van der Waals surface area contributed by atoms with Crippen LogP contribution in [0.25, 0.3) is 0 Å². The van der Waals surface area contributed by atoms with Crippen molar-refractivity contribution in [1.29, 1.82) is 0 Å². The fourth-order valence-electron chi connectivity index (χ4n) is 2.96. The van der Waals surface area contributed by atoms with Crippen LogP contribution < -0.4 is 4.90 Å². The molecule has 1 aromatic carbocycles. The first kappa shape index (κ1) is 17.1. The van der Waals surface area contributed by atoms with E-state index in [1.807, 2.05) is 42.5 Å². The van der Waals surface area contributed by atoms with Crippen LogP contribution in [0.5, 0.6) is 0 Å². The Morgan fingerprint density at radius 2 is 2.00 bits per heavy atom. The van der Waals surface area contributed by atoms with Crippen LogP contribution in [0.3, 0.4) is 0 Å². The van der Waals surface area contributed by atoms with E-state index in [1.54, 1.807) is 4.90 Å². The topological polar surface area (TPSA) is 59.5 Å². The van der Waals surface area contributed by atoms with Gasteiger partial charge in [-0.1, -0.05) is 36.4 Å².